The summed E-state index contributed by atoms with van der Waals surface area (Å²) < 4.78 is 6.40. The summed E-state index contributed by atoms with van der Waals surface area (Å²) in [6.45, 7) is 7.39. The molecule has 1 unspecified atom stereocenters. The van der Waals surface area contributed by atoms with Crippen LogP contribution in [0.3, 0.4) is 0 Å². The second-order valence-electron chi connectivity index (χ2n) is 6.21. The summed E-state index contributed by atoms with van der Waals surface area (Å²) in [5.41, 5.74) is 4.91. The zero-order valence-electron chi connectivity index (χ0n) is 13.2. The van der Waals surface area contributed by atoms with Crippen LogP contribution in [0.2, 0.25) is 0 Å². The number of benzene rings is 2. The Kier molecular flexibility index (Phi) is 3.86. The molecule has 0 saturated carbocycles. The zero-order valence-corrected chi connectivity index (χ0v) is 13.2. The Hall–Kier alpha value is -1.60. The summed E-state index contributed by atoms with van der Waals surface area (Å²) in [5.74, 6) is 0.544. The molecule has 0 amide bonds. The fourth-order valence-electron chi connectivity index (χ4n) is 3.58. The smallest absolute Gasteiger partial charge is 0.121 e. The van der Waals surface area contributed by atoms with Crippen LogP contribution in [0.1, 0.15) is 42.0 Å². The van der Waals surface area contributed by atoms with Crippen molar-refractivity contribution in [2.75, 3.05) is 6.61 Å². The minimum absolute atomic E-state index is 0.268. The van der Waals surface area contributed by atoms with E-state index >= 15 is 0 Å². The third kappa shape index (κ3) is 2.40. The summed E-state index contributed by atoms with van der Waals surface area (Å²) in [5, 5.41) is 0. The van der Waals surface area contributed by atoms with Gasteiger partial charge in [0.1, 0.15) is 5.60 Å². The first-order valence-corrected chi connectivity index (χ1v) is 7.95. The van der Waals surface area contributed by atoms with E-state index in [9.17, 15) is 0 Å². The Balaban J connectivity index is 2.15. The van der Waals surface area contributed by atoms with E-state index in [0.717, 1.165) is 19.4 Å². The van der Waals surface area contributed by atoms with Gasteiger partial charge in [-0.1, -0.05) is 66.6 Å². The molecule has 0 N–H and O–H groups in total. The molecular weight excluding hydrogens is 256 g/mol. The second-order valence-corrected chi connectivity index (χ2v) is 6.21. The van der Waals surface area contributed by atoms with Crippen molar-refractivity contribution in [1.82, 2.24) is 0 Å². The highest BCUT2D eigenvalue weighted by Crippen LogP contribution is 2.47. The van der Waals surface area contributed by atoms with Gasteiger partial charge in [0.05, 0.1) is 0 Å². The van der Waals surface area contributed by atoms with Gasteiger partial charge in [-0.3, -0.25) is 0 Å². The molecule has 1 nitrogen and oxygen atoms in total. The SMILES string of the molecule is CCC1CCOC1(c1ccc(C)cc1)c1ccc(C)cc1. The highest BCUT2D eigenvalue weighted by Gasteiger charge is 2.46. The number of hydrogen-bond acceptors (Lipinski definition) is 1. The predicted molar refractivity (Wildman–Crippen MR) is 87.5 cm³/mol. The van der Waals surface area contributed by atoms with Crippen LogP contribution in [0.15, 0.2) is 48.5 Å². The van der Waals surface area contributed by atoms with Crippen LogP contribution in [0.4, 0.5) is 0 Å². The lowest BCUT2D eigenvalue weighted by Gasteiger charge is -2.35. The number of rotatable bonds is 3. The highest BCUT2D eigenvalue weighted by atomic mass is 16.5. The third-order valence-electron chi connectivity index (χ3n) is 4.82. The lowest BCUT2D eigenvalue weighted by molar-refractivity contribution is 0.00911. The average Bonchev–Trinajstić information content (AvgIpc) is 2.93. The van der Waals surface area contributed by atoms with Crippen LogP contribution in [-0.4, -0.2) is 6.61 Å². The normalized spacial score (nSPS) is 20.6. The Morgan fingerprint density at radius 2 is 1.38 bits per heavy atom. The van der Waals surface area contributed by atoms with Gasteiger partial charge in [-0.25, -0.2) is 0 Å². The molecule has 1 atom stereocenters. The minimum Gasteiger partial charge on any atom is -0.365 e. The molecule has 1 saturated heterocycles. The van der Waals surface area contributed by atoms with Crippen molar-refractivity contribution in [3.8, 4) is 0 Å². The fraction of sp³-hybridized carbons (Fsp3) is 0.400. The Bertz CT molecular complexity index is 549. The standard InChI is InChI=1S/C20H24O/c1-4-17-13-14-21-20(17,18-9-5-15(2)6-10-18)19-11-7-16(3)8-12-19/h5-12,17H,4,13-14H2,1-3H3. The summed E-state index contributed by atoms with van der Waals surface area (Å²) >= 11 is 0. The molecule has 0 aromatic heterocycles. The Morgan fingerprint density at radius 3 is 1.81 bits per heavy atom. The predicted octanol–water partition coefficient (Wildman–Crippen LogP) is 4.99. The summed E-state index contributed by atoms with van der Waals surface area (Å²) in [4.78, 5) is 0. The summed E-state index contributed by atoms with van der Waals surface area (Å²) in [6.07, 6.45) is 2.28. The Morgan fingerprint density at radius 1 is 0.905 bits per heavy atom. The highest BCUT2D eigenvalue weighted by molar-refractivity contribution is 5.40. The van der Waals surface area contributed by atoms with Crippen LogP contribution >= 0.6 is 0 Å². The molecular formula is C20H24O. The van der Waals surface area contributed by atoms with Crippen LogP contribution in [0.25, 0.3) is 0 Å². The second kappa shape index (κ2) is 5.65. The van der Waals surface area contributed by atoms with Gasteiger partial charge in [-0.05, 0) is 43.7 Å². The maximum atomic E-state index is 6.40. The molecule has 110 valence electrons. The van der Waals surface area contributed by atoms with Gasteiger partial charge < -0.3 is 4.74 Å². The lowest BCUT2D eigenvalue weighted by Crippen LogP contribution is -2.33. The van der Waals surface area contributed by atoms with E-state index < -0.39 is 0 Å². The number of aryl methyl sites for hydroxylation is 2. The van der Waals surface area contributed by atoms with E-state index in [1.54, 1.807) is 0 Å². The molecule has 0 spiro atoms. The van der Waals surface area contributed by atoms with Gasteiger partial charge in [-0.15, -0.1) is 0 Å². The van der Waals surface area contributed by atoms with Crippen LogP contribution < -0.4 is 0 Å². The first-order chi connectivity index (χ1) is 10.2. The molecule has 1 aliphatic heterocycles. The van der Waals surface area contributed by atoms with Gasteiger partial charge in [0, 0.05) is 6.61 Å². The van der Waals surface area contributed by atoms with E-state index in [4.69, 9.17) is 4.74 Å². The van der Waals surface area contributed by atoms with E-state index in [2.05, 4.69) is 69.3 Å². The van der Waals surface area contributed by atoms with E-state index in [0.29, 0.717) is 5.92 Å². The number of hydrogen-bond donors (Lipinski definition) is 0. The van der Waals surface area contributed by atoms with Crippen LogP contribution in [-0.2, 0) is 10.3 Å². The van der Waals surface area contributed by atoms with E-state index in [1.165, 1.54) is 22.3 Å². The summed E-state index contributed by atoms with van der Waals surface area (Å²) in [6, 6.07) is 17.7. The fourth-order valence-corrected chi connectivity index (χ4v) is 3.58. The van der Waals surface area contributed by atoms with Gasteiger partial charge >= 0.3 is 0 Å². The molecule has 2 aromatic carbocycles. The quantitative estimate of drug-likeness (QED) is 0.769. The van der Waals surface area contributed by atoms with Crippen molar-refractivity contribution in [1.29, 1.82) is 0 Å². The van der Waals surface area contributed by atoms with Crippen LogP contribution in [0, 0.1) is 19.8 Å². The van der Waals surface area contributed by atoms with Crippen molar-refractivity contribution in [2.24, 2.45) is 5.92 Å². The van der Waals surface area contributed by atoms with Crippen LogP contribution in [0.5, 0.6) is 0 Å². The van der Waals surface area contributed by atoms with Gasteiger partial charge in [-0.2, -0.15) is 0 Å². The molecule has 1 heteroatoms. The molecule has 1 fully saturated rings. The van der Waals surface area contributed by atoms with Gasteiger partial charge in [0.25, 0.3) is 0 Å². The largest absolute Gasteiger partial charge is 0.365 e. The van der Waals surface area contributed by atoms with E-state index in [1.807, 2.05) is 0 Å². The van der Waals surface area contributed by atoms with E-state index in [-0.39, 0.29) is 5.60 Å². The minimum atomic E-state index is -0.268. The molecule has 3 rings (SSSR count). The van der Waals surface area contributed by atoms with Crippen molar-refractivity contribution in [3.63, 3.8) is 0 Å². The zero-order chi connectivity index (χ0) is 14.9. The third-order valence-corrected chi connectivity index (χ3v) is 4.82. The maximum Gasteiger partial charge on any atom is 0.121 e. The Labute approximate surface area is 128 Å². The van der Waals surface area contributed by atoms with Crippen molar-refractivity contribution >= 4 is 0 Å². The first kappa shape index (κ1) is 14.3. The van der Waals surface area contributed by atoms with Gasteiger partial charge in [0.2, 0.25) is 0 Å². The lowest BCUT2D eigenvalue weighted by atomic mass is 9.75. The molecule has 1 aliphatic rings. The molecule has 21 heavy (non-hydrogen) atoms. The van der Waals surface area contributed by atoms with Crippen molar-refractivity contribution in [3.05, 3.63) is 70.8 Å². The average molecular weight is 280 g/mol. The molecule has 2 aromatic rings. The molecule has 0 radical (unpaired) electrons. The van der Waals surface area contributed by atoms with Crippen molar-refractivity contribution in [2.45, 2.75) is 39.2 Å². The molecule has 0 aliphatic carbocycles. The maximum absolute atomic E-state index is 6.40. The number of ether oxygens (including phenoxy) is 1. The van der Waals surface area contributed by atoms with Crippen molar-refractivity contribution < 1.29 is 4.74 Å². The summed E-state index contributed by atoms with van der Waals surface area (Å²) in [7, 11) is 0. The molecule has 0 bridgehead atoms. The van der Waals surface area contributed by atoms with Gasteiger partial charge in [0.15, 0.2) is 0 Å². The first-order valence-electron chi connectivity index (χ1n) is 7.95. The monoisotopic (exact) mass is 280 g/mol. The topological polar surface area (TPSA) is 9.23 Å². The molecule has 1 heterocycles.